The SMILES string of the molecule is NC(N)NCCC[C@H](NC(=O)c1sccc1NS(=O)(=O)c1ccc(N=O)cc1)C(=O)O. The summed E-state index contributed by atoms with van der Waals surface area (Å²) in [5.74, 6) is -1.96. The minimum Gasteiger partial charge on any atom is -0.480 e. The molecule has 0 fully saturated rings. The van der Waals surface area contributed by atoms with Gasteiger partial charge in [0.05, 0.1) is 10.6 Å². The lowest BCUT2D eigenvalue weighted by molar-refractivity contribution is -0.139. The Labute approximate surface area is 182 Å². The van der Waals surface area contributed by atoms with Gasteiger partial charge in [-0.3, -0.25) is 14.8 Å². The lowest BCUT2D eigenvalue weighted by atomic mass is 10.1. The van der Waals surface area contributed by atoms with Crippen molar-refractivity contribution in [2.24, 2.45) is 16.6 Å². The molecule has 2 aromatic rings. The third kappa shape index (κ3) is 7.08. The van der Waals surface area contributed by atoms with Crippen LogP contribution in [-0.4, -0.2) is 44.3 Å². The third-order valence-corrected chi connectivity index (χ3v) is 6.32. The number of hydrogen-bond acceptors (Lipinski definition) is 10. The summed E-state index contributed by atoms with van der Waals surface area (Å²) in [5.41, 5.74) is 10.8. The molecule has 12 nitrogen and oxygen atoms in total. The van der Waals surface area contributed by atoms with Gasteiger partial charge in [0.1, 0.15) is 22.9 Å². The van der Waals surface area contributed by atoms with Crippen LogP contribution in [0.4, 0.5) is 11.4 Å². The van der Waals surface area contributed by atoms with E-state index in [-0.39, 0.29) is 27.6 Å². The Morgan fingerprint density at radius 3 is 2.42 bits per heavy atom. The van der Waals surface area contributed by atoms with Crippen LogP contribution in [0.15, 0.2) is 45.8 Å². The Kier molecular flexibility index (Phi) is 8.58. The zero-order chi connectivity index (χ0) is 23.0. The first-order chi connectivity index (χ1) is 14.6. The molecule has 0 spiro atoms. The molecule has 2 rings (SSSR count). The number of anilines is 1. The highest BCUT2D eigenvalue weighted by Gasteiger charge is 2.24. The normalized spacial score (nSPS) is 12.4. The number of carbonyl (C=O) groups excluding carboxylic acids is 1. The standard InChI is InChI=1S/C17H22N6O6S2/c18-17(19)20-8-1-2-13(16(25)26)21-15(24)14-12(7-9-30-14)23-31(28,29)11-5-3-10(22-27)4-6-11/h3-7,9,13,17,20,23H,1-2,8,18-19H2,(H,21,24)(H,25,26)/t13-/m0/s1. The van der Waals surface area contributed by atoms with E-state index >= 15 is 0 Å². The maximum atomic E-state index is 12.6. The van der Waals surface area contributed by atoms with Crippen LogP contribution in [0.5, 0.6) is 0 Å². The van der Waals surface area contributed by atoms with Crippen LogP contribution >= 0.6 is 11.3 Å². The molecule has 1 amide bonds. The summed E-state index contributed by atoms with van der Waals surface area (Å²) in [6.07, 6.45) is -0.229. The Bertz CT molecular complexity index is 1020. The van der Waals surface area contributed by atoms with Crippen LogP contribution in [0, 0.1) is 4.91 Å². The van der Waals surface area contributed by atoms with Gasteiger partial charge in [-0.1, -0.05) is 0 Å². The van der Waals surface area contributed by atoms with E-state index in [1.165, 1.54) is 35.7 Å². The molecule has 1 aromatic carbocycles. The van der Waals surface area contributed by atoms with Gasteiger partial charge in [0.25, 0.3) is 15.9 Å². The number of thiophene rings is 1. The van der Waals surface area contributed by atoms with Crippen LogP contribution in [-0.2, 0) is 14.8 Å². The van der Waals surface area contributed by atoms with E-state index < -0.39 is 34.2 Å². The van der Waals surface area contributed by atoms with Crippen LogP contribution < -0.4 is 26.8 Å². The van der Waals surface area contributed by atoms with Crippen molar-refractivity contribution < 1.29 is 23.1 Å². The van der Waals surface area contributed by atoms with Gasteiger partial charge in [-0.25, -0.2) is 13.2 Å². The summed E-state index contributed by atoms with van der Waals surface area (Å²) in [4.78, 5) is 34.4. The van der Waals surface area contributed by atoms with Gasteiger partial charge in [-0.05, 0) is 60.3 Å². The number of carbonyl (C=O) groups is 2. The Hall–Kier alpha value is -2.91. The largest absolute Gasteiger partial charge is 0.480 e. The predicted octanol–water partition coefficient (Wildman–Crippen LogP) is 0.701. The molecule has 0 bridgehead atoms. The van der Waals surface area contributed by atoms with Crippen molar-refractivity contribution >= 4 is 44.6 Å². The molecule has 1 atom stereocenters. The highest BCUT2D eigenvalue weighted by Crippen LogP contribution is 2.26. The molecule has 1 heterocycles. The summed E-state index contributed by atoms with van der Waals surface area (Å²) in [6, 6.07) is 5.10. The number of aliphatic carboxylic acids is 1. The van der Waals surface area contributed by atoms with Gasteiger partial charge in [-0.15, -0.1) is 16.2 Å². The number of nitroso groups, excluding NO2 is 1. The fourth-order valence-electron chi connectivity index (χ4n) is 2.51. The Balaban J connectivity index is 2.09. The van der Waals surface area contributed by atoms with Gasteiger partial charge in [0, 0.05) is 0 Å². The molecule has 0 aliphatic rings. The zero-order valence-corrected chi connectivity index (χ0v) is 17.8. The van der Waals surface area contributed by atoms with Crippen molar-refractivity contribution in [3.63, 3.8) is 0 Å². The molecule has 0 saturated heterocycles. The summed E-state index contributed by atoms with van der Waals surface area (Å²) in [7, 11) is -4.05. The lowest BCUT2D eigenvalue weighted by Gasteiger charge is -2.16. The molecular weight excluding hydrogens is 448 g/mol. The number of sulfonamides is 1. The quantitative estimate of drug-likeness (QED) is 0.146. The number of benzene rings is 1. The highest BCUT2D eigenvalue weighted by molar-refractivity contribution is 7.92. The van der Waals surface area contributed by atoms with Gasteiger partial charge in [0.2, 0.25) is 0 Å². The lowest BCUT2D eigenvalue weighted by Crippen LogP contribution is -2.46. The van der Waals surface area contributed by atoms with Crippen LogP contribution in [0.3, 0.4) is 0 Å². The number of nitrogens with one attached hydrogen (secondary N) is 3. The fourth-order valence-corrected chi connectivity index (χ4v) is 4.40. The highest BCUT2D eigenvalue weighted by atomic mass is 32.2. The van der Waals surface area contributed by atoms with Crippen molar-refractivity contribution in [2.75, 3.05) is 11.3 Å². The number of rotatable bonds is 12. The van der Waals surface area contributed by atoms with Gasteiger partial charge in [0.15, 0.2) is 0 Å². The first-order valence-corrected chi connectivity index (χ1v) is 11.3. The molecule has 14 heteroatoms. The average molecular weight is 471 g/mol. The molecule has 31 heavy (non-hydrogen) atoms. The van der Waals surface area contributed by atoms with Crippen LogP contribution in [0.1, 0.15) is 22.5 Å². The minimum absolute atomic E-state index is 0.000000342. The molecule has 0 unspecified atom stereocenters. The van der Waals surface area contributed by atoms with Crippen LogP contribution in [0.2, 0.25) is 0 Å². The molecule has 0 radical (unpaired) electrons. The van der Waals surface area contributed by atoms with Crippen molar-refractivity contribution in [3.05, 3.63) is 45.5 Å². The second kappa shape index (κ2) is 10.9. The third-order valence-electron chi connectivity index (χ3n) is 4.02. The summed E-state index contributed by atoms with van der Waals surface area (Å²) in [5, 5.41) is 18.7. The van der Waals surface area contributed by atoms with E-state index in [1.807, 2.05) is 0 Å². The number of amides is 1. The number of nitrogens with two attached hydrogens (primary N) is 2. The van der Waals surface area contributed by atoms with Crippen molar-refractivity contribution in [1.82, 2.24) is 10.6 Å². The van der Waals surface area contributed by atoms with Crippen LogP contribution in [0.25, 0.3) is 0 Å². The maximum absolute atomic E-state index is 12.6. The first kappa shape index (κ1) is 24.4. The minimum atomic E-state index is -4.05. The van der Waals surface area contributed by atoms with E-state index in [1.54, 1.807) is 0 Å². The second-order valence-corrected chi connectivity index (χ2v) is 8.94. The number of carboxylic acid groups (broad SMARTS) is 1. The molecule has 168 valence electrons. The number of carboxylic acids is 1. The van der Waals surface area contributed by atoms with E-state index in [0.717, 1.165) is 11.3 Å². The van der Waals surface area contributed by atoms with E-state index in [4.69, 9.17) is 11.5 Å². The monoisotopic (exact) mass is 470 g/mol. The molecule has 8 N–H and O–H groups in total. The summed E-state index contributed by atoms with van der Waals surface area (Å²) in [6.45, 7) is 0.361. The van der Waals surface area contributed by atoms with E-state index in [2.05, 4.69) is 20.5 Å². The number of nitrogens with zero attached hydrogens (tertiary/aromatic N) is 1. The summed E-state index contributed by atoms with van der Waals surface area (Å²) >= 11 is 0.952. The van der Waals surface area contributed by atoms with Gasteiger partial charge >= 0.3 is 5.97 Å². The molecular formula is C17H22N6O6S2. The van der Waals surface area contributed by atoms with E-state index in [9.17, 15) is 28.0 Å². The van der Waals surface area contributed by atoms with Gasteiger partial charge < -0.3 is 21.9 Å². The number of hydrogen-bond donors (Lipinski definition) is 6. The smallest absolute Gasteiger partial charge is 0.326 e. The topological polar surface area (TPSA) is 206 Å². The predicted molar refractivity (Wildman–Crippen MR) is 115 cm³/mol. The van der Waals surface area contributed by atoms with Gasteiger partial charge in [-0.2, -0.15) is 0 Å². The second-order valence-electron chi connectivity index (χ2n) is 6.34. The molecule has 1 aromatic heterocycles. The Morgan fingerprint density at radius 1 is 1.16 bits per heavy atom. The maximum Gasteiger partial charge on any atom is 0.326 e. The Morgan fingerprint density at radius 2 is 1.84 bits per heavy atom. The van der Waals surface area contributed by atoms with Crippen molar-refractivity contribution in [1.29, 1.82) is 0 Å². The average Bonchev–Trinajstić information content (AvgIpc) is 3.17. The van der Waals surface area contributed by atoms with E-state index in [0.29, 0.717) is 13.0 Å². The molecule has 0 aliphatic carbocycles. The molecule has 0 saturated carbocycles. The fraction of sp³-hybridized carbons (Fsp3) is 0.294. The molecule has 0 aliphatic heterocycles. The van der Waals surface area contributed by atoms with Crippen molar-refractivity contribution in [3.8, 4) is 0 Å². The zero-order valence-electron chi connectivity index (χ0n) is 16.1. The van der Waals surface area contributed by atoms with Crippen molar-refractivity contribution in [2.45, 2.75) is 30.1 Å². The summed E-state index contributed by atoms with van der Waals surface area (Å²) < 4.78 is 27.4. The first-order valence-electron chi connectivity index (χ1n) is 8.96.